The average molecular weight is 398 g/mol. The van der Waals surface area contributed by atoms with Crippen molar-refractivity contribution in [3.63, 3.8) is 0 Å². The van der Waals surface area contributed by atoms with Gasteiger partial charge in [-0.15, -0.1) is 11.3 Å². The first kappa shape index (κ1) is 19.0. The number of thiophene rings is 1. The Morgan fingerprint density at radius 2 is 1.89 bits per heavy atom. The fourth-order valence-corrected chi connectivity index (χ4v) is 4.43. The van der Waals surface area contributed by atoms with Gasteiger partial charge in [0, 0.05) is 29.6 Å². The number of hydrogen-bond acceptors (Lipinski definition) is 4. The van der Waals surface area contributed by atoms with Gasteiger partial charge in [-0.2, -0.15) is 0 Å². The van der Waals surface area contributed by atoms with Gasteiger partial charge in [0.2, 0.25) is 5.91 Å². The quantitative estimate of drug-likeness (QED) is 0.759. The fourth-order valence-electron chi connectivity index (χ4n) is 3.79. The van der Waals surface area contributed by atoms with Gasteiger partial charge in [-0.25, -0.2) is 0 Å². The molecule has 1 aromatic carbocycles. The molecule has 4 rings (SSSR count). The number of hydrogen-bond donors (Lipinski definition) is 2. The molecule has 0 bridgehead atoms. The van der Waals surface area contributed by atoms with Crippen LogP contribution in [0.5, 0.6) is 0 Å². The Balaban J connectivity index is 1.53. The van der Waals surface area contributed by atoms with E-state index in [0.717, 1.165) is 61.4 Å². The smallest absolute Gasteiger partial charge is 0.253 e. The number of rotatable bonds is 6. The molecule has 2 aliphatic rings. The molecule has 0 unspecified atom stereocenters. The molecule has 0 radical (unpaired) electrons. The maximum Gasteiger partial charge on any atom is 0.253 e. The zero-order chi connectivity index (χ0) is 19.3. The monoisotopic (exact) mass is 397 g/mol. The number of carbonyl (C=O) groups is 2. The fraction of sp³-hybridized carbons (Fsp3) is 0.455. The number of carbonyl (C=O) groups excluding carboxylic acids is 2. The van der Waals surface area contributed by atoms with Crippen LogP contribution in [0.25, 0.3) is 0 Å². The van der Waals surface area contributed by atoms with Crippen molar-refractivity contribution < 1.29 is 9.59 Å². The van der Waals surface area contributed by atoms with E-state index in [1.807, 2.05) is 35.7 Å². The molecule has 6 heteroatoms. The van der Waals surface area contributed by atoms with E-state index in [1.165, 1.54) is 6.42 Å². The summed E-state index contributed by atoms with van der Waals surface area (Å²) >= 11 is 1.64. The van der Waals surface area contributed by atoms with Crippen molar-refractivity contribution in [2.24, 2.45) is 5.92 Å². The highest BCUT2D eigenvalue weighted by Gasteiger charge is 2.26. The van der Waals surface area contributed by atoms with E-state index in [2.05, 4.69) is 15.5 Å². The second-order valence-electron chi connectivity index (χ2n) is 7.66. The van der Waals surface area contributed by atoms with Gasteiger partial charge in [-0.1, -0.05) is 12.5 Å². The first-order valence-electron chi connectivity index (χ1n) is 10.2. The van der Waals surface area contributed by atoms with Crippen LogP contribution in [0.2, 0.25) is 0 Å². The zero-order valence-electron chi connectivity index (χ0n) is 16.1. The van der Waals surface area contributed by atoms with E-state index in [0.29, 0.717) is 12.1 Å². The summed E-state index contributed by atoms with van der Waals surface area (Å²) in [6, 6.07) is 9.69. The molecule has 2 amide bonds. The molecule has 2 N–H and O–H groups in total. The van der Waals surface area contributed by atoms with Crippen molar-refractivity contribution in [3.05, 3.63) is 46.2 Å². The third-order valence-electron chi connectivity index (χ3n) is 5.69. The van der Waals surface area contributed by atoms with E-state index in [9.17, 15) is 9.59 Å². The van der Waals surface area contributed by atoms with Crippen LogP contribution in [0.15, 0.2) is 35.7 Å². The molecular formula is C22H27N3O2S. The Hall–Kier alpha value is -2.34. The summed E-state index contributed by atoms with van der Waals surface area (Å²) in [6.07, 6.45) is 6.60. The summed E-state index contributed by atoms with van der Waals surface area (Å²) < 4.78 is 0. The molecule has 2 aromatic rings. The minimum atomic E-state index is -0.0640. The average Bonchev–Trinajstić information content (AvgIpc) is 3.19. The van der Waals surface area contributed by atoms with E-state index in [1.54, 1.807) is 11.3 Å². The van der Waals surface area contributed by atoms with Crippen molar-refractivity contribution in [3.8, 4) is 0 Å². The Bertz CT molecular complexity index is 824. The van der Waals surface area contributed by atoms with Crippen molar-refractivity contribution in [2.75, 3.05) is 23.3 Å². The minimum absolute atomic E-state index is 0.0640. The Kier molecular flexibility index (Phi) is 5.95. The number of piperidine rings is 1. The lowest BCUT2D eigenvalue weighted by molar-refractivity contribution is -0.122. The summed E-state index contributed by atoms with van der Waals surface area (Å²) in [7, 11) is 0. The number of nitrogens with zero attached hydrogens (tertiary/aromatic N) is 1. The molecule has 1 saturated heterocycles. The highest BCUT2D eigenvalue weighted by molar-refractivity contribution is 7.09. The summed E-state index contributed by atoms with van der Waals surface area (Å²) in [5.41, 5.74) is 2.39. The van der Waals surface area contributed by atoms with Gasteiger partial charge >= 0.3 is 0 Å². The summed E-state index contributed by atoms with van der Waals surface area (Å²) in [5, 5.41) is 8.10. The van der Waals surface area contributed by atoms with Crippen LogP contribution in [0.3, 0.4) is 0 Å². The van der Waals surface area contributed by atoms with Crippen molar-refractivity contribution >= 4 is 34.5 Å². The van der Waals surface area contributed by atoms with E-state index < -0.39 is 0 Å². The van der Waals surface area contributed by atoms with Gasteiger partial charge in [0.25, 0.3) is 5.91 Å². The van der Waals surface area contributed by atoms with Gasteiger partial charge in [0.1, 0.15) is 0 Å². The standard InChI is InChI=1S/C22H27N3O2S/c26-21(16-6-4-7-16)24-17-9-10-19(20(14-17)25-11-2-1-3-12-25)22(27)23-15-18-8-5-13-28-18/h5,8-10,13-14,16H,1-4,6-7,11-12,15H2,(H,23,27)(H,24,26). The predicted molar refractivity (Wildman–Crippen MR) is 114 cm³/mol. The zero-order valence-corrected chi connectivity index (χ0v) is 16.9. The van der Waals surface area contributed by atoms with Gasteiger partial charge in [0.15, 0.2) is 0 Å². The molecule has 28 heavy (non-hydrogen) atoms. The summed E-state index contributed by atoms with van der Waals surface area (Å²) in [6.45, 7) is 2.44. The molecular weight excluding hydrogens is 370 g/mol. The second kappa shape index (κ2) is 8.78. The number of anilines is 2. The molecule has 5 nitrogen and oxygen atoms in total. The summed E-state index contributed by atoms with van der Waals surface area (Å²) in [5.74, 6) is 0.184. The Labute approximate surface area is 170 Å². The highest BCUT2D eigenvalue weighted by atomic mass is 32.1. The molecule has 1 aliphatic carbocycles. The largest absolute Gasteiger partial charge is 0.371 e. The first-order chi connectivity index (χ1) is 13.7. The number of benzene rings is 1. The van der Waals surface area contributed by atoms with Crippen LogP contribution in [-0.4, -0.2) is 24.9 Å². The molecule has 1 aliphatic heterocycles. The third kappa shape index (κ3) is 4.38. The van der Waals surface area contributed by atoms with Crippen molar-refractivity contribution in [1.82, 2.24) is 5.32 Å². The van der Waals surface area contributed by atoms with E-state index >= 15 is 0 Å². The molecule has 2 heterocycles. The lowest BCUT2D eigenvalue weighted by Gasteiger charge is -2.31. The molecule has 0 atom stereocenters. The van der Waals surface area contributed by atoms with Crippen LogP contribution in [-0.2, 0) is 11.3 Å². The number of amides is 2. The van der Waals surface area contributed by atoms with Crippen LogP contribution in [0.4, 0.5) is 11.4 Å². The minimum Gasteiger partial charge on any atom is -0.371 e. The van der Waals surface area contributed by atoms with Crippen LogP contribution < -0.4 is 15.5 Å². The normalized spacial score (nSPS) is 17.1. The maximum absolute atomic E-state index is 12.9. The molecule has 148 valence electrons. The van der Waals surface area contributed by atoms with Crippen LogP contribution in [0, 0.1) is 5.92 Å². The van der Waals surface area contributed by atoms with E-state index in [-0.39, 0.29) is 17.7 Å². The predicted octanol–water partition coefficient (Wildman–Crippen LogP) is 4.41. The molecule has 0 spiro atoms. The molecule has 1 aromatic heterocycles. The third-order valence-corrected chi connectivity index (χ3v) is 6.56. The highest BCUT2D eigenvalue weighted by Crippen LogP contribution is 2.31. The summed E-state index contributed by atoms with van der Waals surface area (Å²) in [4.78, 5) is 28.6. The molecule has 2 fully saturated rings. The lowest BCUT2D eigenvalue weighted by atomic mass is 9.85. The van der Waals surface area contributed by atoms with Crippen molar-refractivity contribution in [2.45, 2.75) is 45.1 Å². The Morgan fingerprint density at radius 1 is 1.07 bits per heavy atom. The SMILES string of the molecule is O=C(NCc1cccs1)c1ccc(NC(=O)C2CCC2)cc1N1CCCCC1. The van der Waals surface area contributed by atoms with E-state index in [4.69, 9.17) is 0 Å². The van der Waals surface area contributed by atoms with Crippen LogP contribution in [0.1, 0.15) is 53.8 Å². The number of nitrogens with one attached hydrogen (secondary N) is 2. The van der Waals surface area contributed by atoms with Crippen LogP contribution >= 0.6 is 11.3 Å². The van der Waals surface area contributed by atoms with Crippen molar-refractivity contribution in [1.29, 1.82) is 0 Å². The van der Waals surface area contributed by atoms with Gasteiger partial charge < -0.3 is 15.5 Å². The molecule has 1 saturated carbocycles. The second-order valence-corrected chi connectivity index (χ2v) is 8.69. The maximum atomic E-state index is 12.9. The first-order valence-corrected chi connectivity index (χ1v) is 11.1. The van der Waals surface area contributed by atoms with Gasteiger partial charge in [-0.3, -0.25) is 9.59 Å². The lowest BCUT2D eigenvalue weighted by Crippen LogP contribution is -2.33. The van der Waals surface area contributed by atoms with Gasteiger partial charge in [-0.05, 0) is 61.7 Å². The topological polar surface area (TPSA) is 61.4 Å². The van der Waals surface area contributed by atoms with Gasteiger partial charge in [0.05, 0.1) is 17.8 Å². The Morgan fingerprint density at radius 3 is 2.57 bits per heavy atom.